The van der Waals surface area contributed by atoms with E-state index in [0.717, 1.165) is 6.42 Å². The highest BCUT2D eigenvalue weighted by Gasteiger charge is 2.39. The molecule has 116 valence electrons. The second-order valence-electron chi connectivity index (χ2n) is 6.33. The van der Waals surface area contributed by atoms with Gasteiger partial charge in [-0.2, -0.15) is 0 Å². The number of hydrogen-bond acceptors (Lipinski definition) is 3. The van der Waals surface area contributed by atoms with Crippen molar-refractivity contribution in [2.24, 2.45) is 0 Å². The molecule has 1 aliphatic heterocycles. The minimum atomic E-state index is -0.336. The van der Waals surface area contributed by atoms with Crippen LogP contribution in [0.25, 0.3) is 0 Å². The van der Waals surface area contributed by atoms with Gasteiger partial charge in [-0.3, -0.25) is 4.79 Å². The van der Waals surface area contributed by atoms with E-state index in [1.165, 1.54) is 11.8 Å². The summed E-state index contributed by atoms with van der Waals surface area (Å²) in [6.07, 6.45) is 2.34. The lowest BCUT2D eigenvalue weighted by molar-refractivity contribution is -0.0829. The molecule has 1 atom stereocenters. The Hall–Kier alpha value is -2.07. The van der Waals surface area contributed by atoms with Crippen molar-refractivity contribution < 1.29 is 13.9 Å². The van der Waals surface area contributed by atoms with Gasteiger partial charge >= 0.3 is 0 Å². The van der Waals surface area contributed by atoms with Crippen molar-refractivity contribution in [3.63, 3.8) is 0 Å². The smallest absolute Gasteiger partial charge is 0.290 e. The van der Waals surface area contributed by atoms with E-state index < -0.39 is 0 Å². The maximum atomic E-state index is 12.7. The molecule has 1 amide bonds. The van der Waals surface area contributed by atoms with E-state index in [0.29, 0.717) is 18.9 Å². The first-order chi connectivity index (χ1) is 10.6. The summed E-state index contributed by atoms with van der Waals surface area (Å²) in [6, 6.07) is 13.7. The molecule has 1 unspecified atom stereocenters. The number of amides is 1. The van der Waals surface area contributed by atoms with Crippen molar-refractivity contribution in [1.82, 2.24) is 4.90 Å². The predicted octanol–water partition coefficient (Wildman–Crippen LogP) is 3.14. The summed E-state index contributed by atoms with van der Waals surface area (Å²) in [7, 11) is 0. The quantitative estimate of drug-likeness (QED) is 0.874. The molecule has 0 spiro atoms. The van der Waals surface area contributed by atoms with Gasteiger partial charge in [-0.25, -0.2) is 0 Å². The molecule has 0 saturated carbocycles. The van der Waals surface area contributed by atoms with E-state index in [-0.39, 0.29) is 17.6 Å². The molecule has 0 aliphatic carbocycles. The number of furan rings is 1. The van der Waals surface area contributed by atoms with Crippen LogP contribution in [-0.2, 0) is 11.2 Å². The van der Waals surface area contributed by atoms with Crippen LogP contribution < -0.4 is 0 Å². The molecule has 0 bridgehead atoms. The minimum Gasteiger partial charge on any atom is -0.459 e. The molecule has 4 nitrogen and oxygen atoms in total. The number of carbonyl (C=O) groups is 1. The number of ether oxygens (including phenoxy) is 1. The molecule has 1 fully saturated rings. The molecule has 2 heterocycles. The molecule has 1 saturated heterocycles. The van der Waals surface area contributed by atoms with Crippen molar-refractivity contribution in [2.45, 2.75) is 31.9 Å². The Morgan fingerprint density at radius 2 is 2.00 bits per heavy atom. The van der Waals surface area contributed by atoms with E-state index in [2.05, 4.69) is 12.1 Å². The molecular formula is C18H21NO3. The number of hydrogen-bond donors (Lipinski definition) is 0. The normalized spacial score (nSPS) is 20.8. The maximum absolute atomic E-state index is 12.7. The molecule has 1 aliphatic rings. The molecule has 22 heavy (non-hydrogen) atoms. The van der Waals surface area contributed by atoms with E-state index in [1.807, 2.05) is 36.9 Å². The Morgan fingerprint density at radius 3 is 2.68 bits per heavy atom. The van der Waals surface area contributed by atoms with Gasteiger partial charge in [0.2, 0.25) is 0 Å². The second-order valence-corrected chi connectivity index (χ2v) is 6.33. The molecule has 0 N–H and O–H groups in total. The lowest BCUT2D eigenvalue weighted by atomic mass is 9.97. The lowest BCUT2D eigenvalue weighted by Gasteiger charge is -2.45. The fraction of sp³-hybridized carbons (Fsp3) is 0.389. The predicted molar refractivity (Wildman–Crippen MR) is 83.7 cm³/mol. The summed E-state index contributed by atoms with van der Waals surface area (Å²) in [5.74, 6) is 0.310. The first kappa shape index (κ1) is 14.9. The van der Waals surface area contributed by atoms with Gasteiger partial charge < -0.3 is 14.1 Å². The highest BCUT2D eigenvalue weighted by atomic mass is 16.5. The second kappa shape index (κ2) is 5.97. The van der Waals surface area contributed by atoms with Gasteiger partial charge in [-0.05, 0) is 31.5 Å². The molecule has 0 radical (unpaired) electrons. The van der Waals surface area contributed by atoms with Crippen LogP contribution in [0.2, 0.25) is 0 Å². The molecule has 1 aromatic heterocycles. The fourth-order valence-corrected chi connectivity index (χ4v) is 2.79. The van der Waals surface area contributed by atoms with Crippen LogP contribution in [0.4, 0.5) is 0 Å². The van der Waals surface area contributed by atoms with Gasteiger partial charge in [-0.15, -0.1) is 0 Å². The van der Waals surface area contributed by atoms with Crippen LogP contribution >= 0.6 is 0 Å². The van der Waals surface area contributed by atoms with Gasteiger partial charge in [0.15, 0.2) is 5.76 Å². The zero-order valence-electron chi connectivity index (χ0n) is 13.0. The monoisotopic (exact) mass is 299 g/mol. The summed E-state index contributed by atoms with van der Waals surface area (Å²) in [5.41, 5.74) is 0.884. The number of nitrogens with zero attached hydrogens (tertiary/aromatic N) is 1. The topological polar surface area (TPSA) is 42.7 Å². The van der Waals surface area contributed by atoms with Gasteiger partial charge in [0.25, 0.3) is 5.91 Å². The van der Waals surface area contributed by atoms with E-state index in [9.17, 15) is 4.79 Å². The third-order valence-electron chi connectivity index (χ3n) is 4.07. The Bertz CT molecular complexity index is 619. The Morgan fingerprint density at radius 1 is 1.23 bits per heavy atom. The summed E-state index contributed by atoms with van der Waals surface area (Å²) >= 11 is 0. The van der Waals surface area contributed by atoms with Gasteiger partial charge in [0, 0.05) is 13.0 Å². The molecule has 2 aromatic rings. The molecule has 1 aromatic carbocycles. The Kier molecular flexibility index (Phi) is 4.03. The SMILES string of the molecule is CC1(C)COC(Cc2ccccc2)CN1C(=O)c1ccco1. The first-order valence-corrected chi connectivity index (χ1v) is 7.57. The molecule has 4 heteroatoms. The van der Waals surface area contributed by atoms with Crippen molar-refractivity contribution >= 4 is 5.91 Å². The minimum absolute atomic E-state index is 0.00865. The third-order valence-corrected chi connectivity index (χ3v) is 4.07. The lowest BCUT2D eigenvalue weighted by Crippen LogP contribution is -2.58. The first-order valence-electron chi connectivity index (χ1n) is 7.57. The zero-order valence-corrected chi connectivity index (χ0v) is 13.0. The fourth-order valence-electron chi connectivity index (χ4n) is 2.79. The highest BCUT2D eigenvalue weighted by Crippen LogP contribution is 2.26. The molecule has 3 rings (SSSR count). The van der Waals surface area contributed by atoms with E-state index >= 15 is 0 Å². The van der Waals surface area contributed by atoms with Crippen LogP contribution in [-0.4, -0.2) is 35.6 Å². The summed E-state index contributed by atoms with van der Waals surface area (Å²) < 4.78 is 11.2. The number of morpholine rings is 1. The third kappa shape index (κ3) is 3.07. The van der Waals surface area contributed by atoms with Crippen LogP contribution in [0.5, 0.6) is 0 Å². The Labute approximate surface area is 130 Å². The summed E-state index contributed by atoms with van der Waals surface area (Å²) in [6.45, 7) is 5.14. The average Bonchev–Trinajstić information content (AvgIpc) is 3.04. The standard InChI is InChI=1S/C18H21NO3/c1-18(2)13-22-15(11-14-7-4-3-5-8-14)12-19(18)17(20)16-9-6-10-21-16/h3-10,15H,11-13H2,1-2H3. The van der Waals surface area contributed by atoms with Crippen LogP contribution in [0.15, 0.2) is 53.1 Å². The number of carbonyl (C=O) groups excluding carboxylic acids is 1. The number of rotatable bonds is 3. The van der Waals surface area contributed by atoms with E-state index in [4.69, 9.17) is 9.15 Å². The van der Waals surface area contributed by atoms with Crippen molar-refractivity contribution in [3.8, 4) is 0 Å². The largest absolute Gasteiger partial charge is 0.459 e. The van der Waals surface area contributed by atoms with Crippen molar-refractivity contribution in [2.75, 3.05) is 13.2 Å². The van der Waals surface area contributed by atoms with E-state index in [1.54, 1.807) is 12.1 Å². The van der Waals surface area contributed by atoms with Gasteiger partial charge in [0.05, 0.1) is 24.5 Å². The average molecular weight is 299 g/mol. The van der Waals surface area contributed by atoms with Crippen LogP contribution in [0.3, 0.4) is 0 Å². The number of benzene rings is 1. The highest BCUT2D eigenvalue weighted by molar-refractivity contribution is 5.92. The summed E-state index contributed by atoms with van der Waals surface area (Å²) in [4.78, 5) is 14.5. The van der Waals surface area contributed by atoms with Gasteiger partial charge in [-0.1, -0.05) is 30.3 Å². The van der Waals surface area contributed by atoms with Gasteiger partial charge in [0.1, 0.15) is 0 Å². The summed E-state index contributed by atoms with van der Waals surface area (Å²) in [5, 5.41) is 0. The van der Waals surface area contributed by atoms with Crippen molar-refractivity contribution in [1.29, 1.82) is 0 Å². The van der Waals surface area contributed by atoms with Crippen LogP contribution in [0, 0.1) is 0 Å². The maximum Gasteiger partial charge on any atom is 0.290 e. The Balaban J connectivity index is 1.74. The van der Waals surface area contributed by atoms with Crippen molar-refractivity contribution in [3.05, 3.63) is 60.1 Å². The molecular weight excluding hydrogens is 278 g/mol. The zero-order chi connectivity index (χ0) is 15.6. The van der Waals surface area contributed by atoms with Crippen LogP contribution in [0.1, 0.15) is 30.0 Å².